The third-order valence-corrected chi connectivity index (χ3v) is 1.93. The van der Waals surface area contributed by atoms with Crippen molar-refractivity contribution < 1.29 is 13.2 Å². The van der Waals surface area contributed by atoms with Gasteiger partial charge in [-0.3, -0.25) is 0 Å². The van der Waals surface area contributed by atoms with Crippen molar-refractivity contribution in [1.29, 1.82) is 0 Å². The van der Waals surface area contributed by atoms with E-state index in [4.69, 9.17) is 10.2 Å². The lowest BCUT2D eigenvalue weighted by Gasteiger charge is -1.94. The highest BCUT2D eigenvalue weighted by Gasteiger charge is 2.16. The summed E-state index contributed by atoms with van der Waals surface area (Å²) in [6, 6.07) is 5.03. The molecular formula is C9H8F2N2O. The van der Waals surface area contributed by atoms with Crippen LogP contribution in [0.5, 0.6) is 0 Å². The minimum atomic E-state index is -2.69. The predicted octanol–water partition coefficient (Wildman–Crippen LogP) is 2.22. The second kappa shape index (κ2) is 3.34. The summed E-state index contributed by atoms with van der Waals surface area (Å²) in [5.74, 6) is -0.555. The second-order valence-electron chi connectivity index (χ2n) is 2.82. The van der Waals surface area contributed by atoms with Gasteiger partial charge >= 0.3 is 6.43 Å². The zero-order valence-electron chi connectivity index (χ0n) is 7.21. The van der Waals surface area contributed by atoms with Crippen molar-refractivity contribution in [2.24, 2.45) is 5.73 Å². The Balaban J connectivity index is 2.64. The molecule has 0 amide bonds. The van der Waals surface area contributed by atoms with Gasteiger partial charge < -0.3 is 10.2 Å². The molecule has 74 valence electrons. The standard InChI is InChI=1S/C9H8F2N2O/c10-8(11)9-13-7-5(4-12)2-1-3-6(7)14-9/h1-3,8H,4,12H2. The summed E-state index contributed by atoms with van der Waals surface area (Å²) in [6.07, 6.45) is -2.69. The van der Waals surface area contributed by atoms with Crippen LogP contribution in [0.4, 0.5) is 8.78 Å². The van der Waals surface area contributed by atoms with Crippen LogP contribution in [0.3, 0.4) is 0 Å². The third kappa shape index (κ3) is 1.35. The molecule has 5 heteroatoms. The predicted molar refractivity (Wildman–Crippen MR) is 46.9 cm³/mol. The van der Waals surface area contributed by atoms with Gasteiger partial charge in [0.2, 0.25) is 0 Å². The summed E-state index contributed by atoms with van der Waals surface area (Å²) in [4.78, 5) is 3.69. The number of para-hydroxylation sites is 1. The first-order chi connectivity index (χ1) is 6.72. The maximum Gasteiger partial charge on any atom is 0.313 e. The summed E-state index contributed by atoms with van der Waals surface area (Å²) in [5.41, 5.74) is 6.91. The van der Waals surface area contributed by atoms with E-state index in [-0.39, 0.29) is 6.54 Å². The monoisotopic (exact) mass is 198 g/mol. The molecule has 0 aliphatic carbocycles. The Morgan fingerprint density at radius 2 is 2.21 bits per heavy atom. The highest BCUT2D eigenvalue weighted by Crippen LogP contribution is 2.25. The van der Waals surface area contributed by atoms with Crippen molar-refractivity contribution in [2.45, 2.75) is 13.0 Å². The van der Waals surface area contributed by atoms with Gasteiger partial charge in [-0.15, -0.1) is 0 Å². The average molecular weight is 198 g/mol. The van der Waals surface area contributed by atoms with Gasteiger partial charge in [0.1, 0.15) is 5.52 Å². The summed E-state index contributed by atoms with van der Waals surface area (Å²) in [7, 11) is 0. The molecule has 2 aromatic rings. The number of hydrogen-bond donors (Lipinski definition) is 1. The number of nitrogens with zero attached hydrogens (tertiary/aromatic N) is 1. The SMILES string of the molecule is NCc1cccc2oc(C(F)F)nc12. The molecule has 0 radical (unpaired) electrons. The fourth-order valence-corrected chi connectivity index (χ4v) is 1.28. The Morgan fingerprint density at radius 1 is 1.43 bits per heavy atom. The van der Waals surface area contributed by atoms with E-state index in [1.54, 1.807) is 18.2 Å². The fraction of sp³-hybridized carbons (Fsp3) is 0.222. The van der Waals surface area contributed by atoms with E-state index in [1.165, 1.54) is 0 Å². The first-order valence-electron chi connectivity index (χ1n) is 4.09. The molecule has 1 aromatic carbocycles. The van der Waals surface area contributed by atoms with Gasteiger partial charge in [-0.25, -0.2) is 4.98 Å². The molecule has 0 fully saturated rings. The normalized spacial score (nSPS) is 11.4. The quantitative estimate of drug-likeness (QED) is 0.804. The molecule has 0 atom stereocenters. The number of oxazole rings is 1. The van der Waals surface area contributed by atoms with Crippen LogP contribution in [0.25, 0.3) is 11.1 Å². The topological polar surface area (TPSA) is 52.0 Å². The molecule has 0 spiro atoms. The maximum absolute atomic E-state index is 12.3. The van der Waals surface area contributed by atoms with E-state index in [1.807, 2.05) is 0 Å². The molecule has 0 bridgehead atoms. The Hall–Kier alpha value is -1.49. The average Bonchev–Trinajstić information content (AvgIpc) is 2.60. The van der Waals surface area contributed by atoms with Crippen LogP contribution in [-0.2, 0) is 6.54 Å². The molecule has 0 unspecified atom stereocenters. The largest absolute Gasteiger partial charge is 0.435 e. The van der Waals surface area contributed by atoms with E-state index in [0.717, 1.165) is 0 Å². The summed E-state index contributed by atoms with van der Waals surface area (Å²) in [5, 5.41) is 0. The molecule has 0 aliphatic rings. The van der Waals surface area contributed by atoms with Crippen LogP contribution in [0, 0.1) is 0 Å². The van der Waals surface area contributed by atoms with Gasteiger partial charge in [-0.2, -0.15) is 8.78 Å². The van der Waals surface area contributed by atoms with Crippen molar-refractivity contribution in [3.63, 3.8) is 0 Å². The molecule has 2 rings (SSSR count). The van der Waals surface area contributed by atoms with Crippen molar-refractivity contribution in [3.05, 3.63) is 29.7 Å². The number of alkyl halides is 2. The molecule has 0 saturated carbocycles. The molecule has 0 saturated heterocycles. The van der Waals surface area contributed by atoms with E-state index < -0.39 is 12.3 Å². The second-order valence-corrected chi connectivity index (χ2v) is 2.82. The molecule has 3 nitrogen and oxygen atoms in total. The van der Waals surface area contributed by atoms with Crippen molar-refractivity contribution in [3.8, 4) is 0 Å². The van der Waals surface area contributed by atoms with Crippen LogP contribution >= 0.6 is 0 Å². The fourth-order valence-electron chi connectivity index (χ4n) is 1.28. The molecular weight excluding hydrogens is 190 g/mol. The van der Waals surface area contributed by atoms with Crippen LogP contribution in [0.2, 0.25) is 0 Å². The summed E-state index contributed by atoms with van der Waals surface area (Å²) in [6.45, 7) is 0.256. The highest BCUT2D eigenvalue weighted by atomic mass is 19.3. The molecule has 1 aromatic heterocycles. The first kappa shape index (κ1) is 9.08. The number of fused-ring (bicyclic) bond motifs is 1. The van der Waals surface area contributed by atoms with E-state index in [9.17, 15) is 8.78 Å². The minimum absolute atomic E-state index is 0.256. The van der Waals surface area contributed by atoms with Crippen LogP contribution < -0.4 is 5.73 Å². The van der Waals surface area contributed by atoms with E-state index in [2.05, 4.69) is 4.98 Å². The molecule has 14 heavy (non-hydrogen) atoms. The molecule has 1 heterocycles. The van der Waals surface area contributed by atoms with Gasteiger partial charge in [-0.1, -0.05) is 12.1 Å². The highest BCUT2D eigenvalue weighted by molar-refractivity contribution is 5.76. The van der Waals surface area contributed by atoms with E-state index >= 15 is 0 Å². The van der Waals surface area contributed by atoms with Crippen LogP contribution in [0.15, 0.2) is 22.6 Å². The zero-order valence-corrected chi connectivity index (χ0v) is 7.21. The lowest BCUT2D eigenvalue weighted by Crippen LogP contribution is -1.96. The van der Waals surface area contributed by atoms with Gasteiger partial charge in [0.15, 0.2) is 5.58 Å². The number of aromatic nitrogens is 1. The van der Waals surface area contributed by atoms with Gasteiger partial charge in [0.05, 0.1) is 0 Å². The maximum atomic E-state index is 12.3. The van der Waals surface area contributed by atoms with Crippen LogP contribution in [-0.4, -0.2) is 4.98 Å². The number of rotatable bonds is 2. The summed E-state index contributed by atoms with van der Waals surface area (Å²) >= 11 is 0. The number of benzene rings is 1. The minimum Gasteiger partial charge on any atom is -0.435 e. The zero-order chi connectivity index (χ0) is 10.1. The molecule has 0 aliphatic heterocycles. The van der Waals surface area contributed by atoms with Crippen molar-refractivity contribution >= 4 is 11.1 Å². The number of nitrogens with two attached hydrogens (primary N) is 1. The Morgan fingerprint density at radius 3 is 2.86 bits per heavy atom. The number of halogens is 2. The Kier molecular flexibility index (Phi) is 2.17. The van der Waals surface area contributed by atoms with Gasteiger partial charge in [0, 0.05) is 6.54 Å². The Labute approximate surface area is 78.5 Å². The first-order valence-corrected chi connectivity index (χ1v) is 4.09. The summed E-state index contributed by atoms with van der Waals surface area (Å²) < 4.78 is 29.4. The van der Waals surface area contributed by atoms with Crippen LogP contribution in [0.1, 0.15) is 17.9 Å². The molecule has 2 N–H and O–H groups in total. The lowest BCUT2D eigenvalue weighted by atomic mass is 10.2. The smallest absolute Gasteiger partial charge is 0.313 e. The Bertz CT molecular complexity index is 453. The van der Waals surface area contributed by atoms with Gasteiger partial charge in [0.25, 0.3) is 5.89 Å². The van der Waals surface area contributed by atoms with Crippen molar-refractivity contribution in [1.82, 2.24) is 4.98 Å². The van der Waals surface area contributed by atoms with E-state index in [0.29, 0.717) is 16.7 Å². The third-order valence-electron chi connectivity index (χ3n) is 1.93. The number of hydrogen-bond acceptors (Lipinski definition) is 3. The van der Waals surface area contributed by atoms with Crippen molar-refractivity contribution in [2.75, 3.05) is 0 Å². The lowest BCUT2D eigenvalue weighted by molar-refractivity contribution is 0.117. The van der Waals surface area contributed by atoms with Gasteiger partial charge in [-0.05, 0) is 11.6 Å².